The van der Waals surface area contributed by atoms with Crippen LogP contribution >= 0.6 is 0 Å². The molecule has 2 heterocycles. The van der Waals surface area contributed by atoms with Crippen molar-refractivity contribution in [2.24, 2.45) is 11.3 Å². The van der Waals surface area contributed by atoms with Crippen LogP contribution in [0.4, 0.5) is 19.3 Å². The molecule has 1 saturated carbocycles. The molecular formula is C26H37F2N5O5S. The minimum absolute atomic E-state index is 0.0181. The zero-order valence-corrected chi connectivity index (χ0v) is 23.7. The Morgan fingerprint density at radius 2 is 1.74 bits per heavy atom. The molecule has 1 N–H and O–H groups in total. The summed E-state index contributed by atoms with van der Waals surface area (Å²) in [4.78, 5) is 30.3. The summed E-state index contributed by atoms with van der Waals surface area (Å²) >= 11 is 0. The van der Waals surface area contributed by atoms with Crippen LogP contribution in [0.5, 0.6) is 0 Å². The van der Waals surface area contributed by atoms with E-state index in [1.54, 1.807) is 22.8 Å². The molecule has 1 aromatic carbocycles. The summed E-state index contributed by atoms with van der Waals surface area (Å²) in [7, 11) is -2.51. The first-order valence-corrected chi connectivity index (χ1v) is 14.6. The molecule has 1 amide bonds. The highest BCUT2D eigenvalue weighted by Crippen LogP contribution is 2.38. The molecule has 0 unspecified atom stereocenters. The van der Waals surface area contributed by atoms with Gasteiger partial charge in [-0.05, 0) is 42.4 Å². The topological polar surface area (TPSA) is 116 Å². The number of imidazole rings is 1. The fraction of sp³-hybridized carbons (Fsp3) is 0.654. The van der Waals surface area contributed by atoms with E-state index in [1.165, 1.54) is 16.3 Å². The van der Waals surface area contributed by atoms with Gasteiger partial charge < -0.3 is 14.6 Å². The fourth-order valence-electron chi connectivity index (χ4n) is 5.23. The maximum Gasteiger partial charge on any atom is 0.407 e. The van der Waals surface area contributed by atoms with Gasteiger partial charge in [-0.25, -0.2) is 18.6 Å². The highest BCUT2D eigenvalue weighted by Gasteiger charge is 2.36. The number of hydrogen-bond acceptors (Lipinski definition) is 5. The second kappa shape index (κ2) is 10.6. The Labute approximate surface area is 227 Å². The standard InChI is InChI=1S/C26H37F2N5O5S/c1-25(2,3)16-22(34)23-29-20-15-19(30(4)39(37,38)32-13-11-31(12-14-32)24(35)36)5-6-21(20)33(23)17-18-7-9-26(27,28)10-8-18/h5-6,15,18H,7-14,16-17H2,1-4H3,(H,35,36). The SMILES string of the molecule is CN(c1ccc2c(c1)nc(C(=O)CC(C)(C)C)n2CC1CCC(F)(F)CC1)S(=O)(=O)N1CCN(C(=O)O)CC1. The van der Waals surface area contributed by atoms with Gasteiger partial charge in [0, 0.05) is 59.0 Å². The predicted molar refractivity (Wildman–Crippen MR) is 144 cm³/mol. The first-order valence-electron chi connectivity index (χ1n) is 13.2. The minimum Gasteiger partial charge on any atom is -0.465 e. The molecule has 39 heavy (non-hydrogen) atoms. The van der Waals surface area contributed by atoms with Crippen molar-refractivity contribution in [3.05, 3.63) is 24.0 Å². The van der Waals surface area contributed by atoms with Crippen molar-refractivity contribution in [3.63, 3.8) is 0 Å². The summed E-state index contributed by atoms with van der Waals surface area (Å²) in [6, 6.07) is 4.97. The first-order chi connectivity index (χ1) is 18.1. The van der Waals surface area contributed by atoms with E-state index < -0.39 is 22.2 Å². The lowest BCUT2D eigenvalue weighted by atomic mass is 9.86. The van der Waals surface area contributed by atoms with Crippen molar-refractivity contribution >= 4 is 38.8 Å². The van der Waals surface area contributed by atoms with Gasteiger partial charge in [0.15, 0.2) is 11.6 Å². The lowest BCUT2D eigenvalue weighted by molar-refractivity contribution is -0.0472. The molecule has 10 nitrogen and oxygen atoms in total. The van der Waals surface area contributed by atoms with Crippen LogP contribution in [0.1, 0.15) is 63.5 Å². The van der Waals surface area contributed by atoms with E-state index in [0.29, 0.717) is 36.1 Å². The molecule has 1 saturated heterocycles. The molecule has 2 aliphatic rings. The second-order valence-electron chi connectivity index (χ2n) is 11.8. The van der Waals surface area contributed by atoms with Crippen molar-refractivity contribution in [2.75, 3.05) is 37.5 Å². The van der Waals surface area contributed by atoms with Crippen LogP contribution < -0.4 is 4.31 Å². The van der Waals surface area contributed by atoms with E-state index in [9.17, 15) is 26.8 Å². The van der Waals surface area contributed by atoms with Crippen molar-refractivity contribution in [1.82, 2.24) is 18.8 Å². The minimum atomic E-state index is -3.94. The van der Waals surface area contributed by atoms with Gasteiger partial charge in [0.25, 0.3) is 0 Å². The zero-order valence-electron chi connectivity index (χ0n) is 22.9. The molecular weight excluding hydrogens is 532 g/mol. The van der Waals surface area contributed by atoms with E-state index in [2.05, 4.69) is 4.98 Å². The Morgan fingerprint density at radius 3 is 2.31 bits per heavy atom. The lowest BCUT2D eigenvalue weighted by Gasteiger charge is -2.35. The van der Waals surface area contributed by atoms with Gasteiger partial charge in [-0.2, -0.15) is 12.7 Å². The number of piperazine rings is 1. The highest BCUT2D eigenvalue weighted by atomic mass is 32.2. The number of rotatable bonds is 7. The van der Waals surface area contributed by atoms with Crippen LogP contribution in [0.15, 0.2) is 18.2 Å². The molecule has 13 heteroatoms. The van der Waals surface area contributed by atoms with Crippen LogP contribution in [0.2, 0.25) is 0 Å². The average Bonchev–Trinajstić information content (AvgIpc) is 3.21. The molecule has 0 spiro atoms. The van der Waals surface area contributed by atoms with Crippen LogP contribution in [-0.4, -0.2) is 83.3 Å². The number of hydrogen-bond donors (Lipinski definition) is 1. The molecule has 0 bridgehead atoms. The van der Waals surface area contributed by atoms with E-state index >= 15 is 0 Å². The third-order valence-electron chi connectivity index (χ3n) is 7.49. The number of ketones is 1. The number of fused-ring (bicyclic) bond motifs is 1. The molecule has 1 aliphatic carbocycles. The van der Waals surface area contributed by atoms with E-state index in [0.717, 1.165) is 4.31 Å². The molecule has 216 valence electrons. The van der Waals surface area contributed by atoms with E-state index in [-0.39, 0.29) is 68.4 Å². The number of Topliss-reactive ketones (excluding diaryl/α,β-unsaturated/α-hetero) is 1. The summed E-state index contributed by atoms with van der Waals surface area (Å²) in [6.45, 7) is 6.50. The number of anilines is 1. The fourth-order valence-corrected chi connectivity index (χ4v) is 6.58. The van der Waals surface area contributed by atoms with Crippen LogP contribution in [0, 0.1) is 11.3 Å². The van der Waals surface area contributed by atoms with Gasteiger partial charge in [0.05, 0.1) is 16.7 Å². The Morgan fingerprint density at radius 1 is 1.13 bits per heavy atom. The Hall–Kier alpha value is -2.80. The summed E-state index contributed by atoms with van der Waals surface area (Å²) in [6.07, 6.45) is -0.476. The third-order valence-corrected chi connectivity index (χ3v) is 9.42. The Balaban J connectivity index is 1.63. The molecule has 1 aliphatic heterocycles. The maximum absolute atomic E-state index is 13.7. The quantitative estimate of drug-likeness (QED) is 0.493. The lowest BCUT2D eigenvalue weighted by Crippen LogP contribution is -2.53. The molecule has 2 aromatic rings. The number of carbonyl (C=O) groups excluding carboxylic acids is 1. The largest absolute Gasteiger partial charge is 0.465 e. The summed E-state index contributed by atoms with van der Waals surface area (Å²) in [5.41, 5.74) is 1.16. The number of carbonyl (C=O) groups is 2. The number of halogens is 2. The second-order valence-corrected chi connectivity index (χ2v) is 13.8. The molecule has 2 fully saturated rings. The number of aromatic nitrogens is 2. The third kappa shape index (κ3) is 6.51. The number of nitrogens with zero attached hydrogens (tertiary/aromatic N) is 5. The molecule has 4 rings (SSSR count). The van der Waals surface area contributed by atoms with Crippen LogP contribution in [0.25, 0.3) is 11.0 Å². The average molecular weight is 570 g/mol. The normalized spacial score (nSPS) is 19.4. The van der Waals surface area contributed by atoms with Crippen molar-refractivity contribution in [3.8, 4) is 0 Å². The van der Waals surface area contributed by atoms with Gasteiger partial charge in [-0.15, -0.1) is 0 Å². The number of carboxylic acid groups (broad SMARTS) is 1. The van der Waals surface area contributed by atoms with Gasteiger partial charge >= 0.3 is 16.3 Å². The summed E-state index contributed by atoms with van der Waals surface area (Å²) in [5.74, 6) is -2.57. The maximum atomic E-state index is 13.7. The van der Waals surface area contributed by atoms with Gasteiger partial charge in [0.2, 0.25) is 5.92 Å². The number of alkyl halides is 2. The smallest absolute Gasteiger partial charge is 0.407 e. The van der Waals surface area contributed by atoms with E-state index in [1.807, 2.05) is 20.8 Å². The molecule has 1 aromatic heterocycles. The highest BCUT2D eigenvalue weighted by molar-refractivity contribution is 7.90. The van der Waals surface area contributed by atoms with Gasteiger partial charge in [-0.1, -0.05) is 20.8 Å². The Bertz CT molecular complexity index is 1340. The molecule has 0 atom stereocenters. The number of benzene rings is 1. The van der Waals surface area contributed by atoms with Crippen molar-refractivity contribution < 1.29 is 31.9 Å². The Kier molecular flexibility index (Phi) is 7.96. The van der Waals surface area contributed by atoms with Gasteiger partial charge in [-0.3, -0.25) is 9.10 Å². The number of amides is 1. The van der Waals surface area contributed by atoms with Crippen LogP contribution in [0.3, 0.4) is 0 Å². The summed E-state index contributed by atoms with van der Waals surface area (Å²) < 4.78 is 58.3. The monoisotopic (exact) mass is 569 g/mol. The van der Waals surface area contributed by atoms with Gasteiger partial charge in [0.1, 0.15) is 0 Å². The molecule has 0 radical (unpaired) electrons. The summed E-state index contributed by atoms with van der Waals surface area (Å²) in [5, 5.41) is 9.15. The predicted octanol–water partition coefficient (Wildman–Crippen LogP) is 4.46. The van der Waals surface area contributed by atoms with Crippen molar-refractivity contribution in [2.45, 2.75) is 65.3 Å². The van der Waals surface area contributed by atoms with Crippen LogP contribution in [-0.2, 0) is 16.8 Å². The van der Waals surface area contributed by atoms with E-state index in [4.69, 9.17) is 5.11 Å². The zero-order chi connectivity index (χ0) is 28.8. The first kappa shape index (κ1) is 29.2. The van der Waals surface area contributed by atoms with Crippen molar-refractivity contribution in [1.29, 1.82) is 0 Å².